The van der Waals surface area contributed by atoms with E-state index in [9.17, 15) is 55.3 Å². The summed E-state index contributed by atoms with van der Waals surface area (Å²) in [6.07, 6.45) is -9.58. The van der Waals surface area contributed by atoms with Crippen molar-refractivity contribution in [1.82, 2.24) is 0 Å². The molecule has 0 fully saturated rings. The first kappa shape index (κ1) is 49.5. The summed E-state index contributed by atoms with van der Waals surface area (Å²) in [4.78, 5) is 29.9. The topological polar surface area (TPSA) is 195 Å². The summed E-state index contributed by atoms with van der Waals surface area (Å²) in [5, 5.41) is 10.6. The molecule has 4 rings (SSSR count). The zero-order valence-corrected chi connectivity index (χ0v) is 35.1. The van der Waals surface area contributed by atoms with Gasteiger partial charge < -0.3 is 45.3 Å². The van der Waals surface area contributed by atoms with Crippen molar-refractivity contribution in [2.24, 2.45) is 11.5 Å². The van der Waals surface area contributed by atoms with Crippen LogP contribution in [0.25, 0.3) is 0 Å². The lowest BCUT2D eigenvalue weighted by Gasteiger charge is -2.33. The van der Waals surface area contributed by atoms with E-state index in [4.69, 9.17) is 48.7 Å². The molecule has 60 heavy (non-hydrogen) atoms. The summed E-state index contributed by atoms with van der Waals surface area (Å²) >= 11 is 12.8. The van der Waals surface area contributed by atoms with E-state index >= 15 is 0 Å². The van der Waals surface area contributed by atoms with Gasteiger partial charge in [0.15, 0.2) is 0 Å². The monoisotopic (exact) mass is 930 g/mol. The van der Waals surface area contributed by atoms with E-state index in [1.54, 1.807) is 12.1 Å². The summed E-state index contributed by atoms with van der Waals surface area (Å²) in [5.74, 6) is 0.256. The molecule has 0 bridgehead atoms. The Hall–Kier alpha value is -3.18. The van der Waals surface area contributed by atoms with E-state index in [1.807, 2.05) is 0 Å². The molecule has 4 aromatic carbocycles. The van der Waals surface area contributed by atoms with Gasteiger partial charge in [-0.25, -0.2) is 0 Å². The Bertz CT molecular complexity index is 2180. The number of rotatable bonds is 21. The number of aliphatic hydroxyl groups is 1. The molecular formula is C39H44Cl2F6N2O9P2. The van der Waals surface area contributed by atoms with Crippen LogP contribution in [-0.4, -0.2) is 56.4 Å². The highest BCUT2D eigenvalue weighted by molar-refractivity contribution is 7.53. The van der Waals surface area contributed by atoms with Gasteiger partial charge in [-0.3, -0.25) is 9.13 Å². The van der Waals surface area contributed by atoms with E-state index < -0.39 is 75.3 Å². The van der Waals surface area contributed by atoms with Gasteiger partial charge in [0, 0.05) is 15.6 Å². The fraction of sp³-hybridized carbons (Fsp3) is 0.385. The van der Waals surface area contributed by atoms with Crippen molar-refractivity contribution >= 4 is 38.4 Å². The Kier molecular flexibility index (Phi) is 16.8. The average Bonchev–Trinajstić information content (AvgIpc) is 3.14. The average molecular weight is 932 g/mol. The van der Waals surface area contributed by atoms with E-state index in [2.05, 4.69) is 0 Å². The molecule has 0 radical (unpaired) electrons. The number of halogens is 8. The molecule has 11 nitrogen and oxygen atoms in total. The lowest BCUT2D eigenvalue weighted by molar-refractivity contribution is -0.138. The van der Waals surface area contributed by atoms with Crippen LogP contribution in [-0.2, 0) is 38.8 Å². The van der Waals surface area contributed by atoms with Crippen molar-refractivity contribution in [2.75, 3.05) is 25.5 Å². The Morgan fingerprint density at radius 3 is 1.45 bits per heavy atom. The van der Waals surface area contributed by atoms with Crippen LogP contribution >= 0.6 is 38.4 Å². The summed E-state index contributed by atoms with van der Waals surface area (Å²) in [6.45, 7) is -1.32. The van der Waals surface area contributed by atoms with Crippen LogP contribution in [0.15, 0.2) is 84.9 Å². The number of hydrogen-bond acceptors (Lipinski definition) is 8. The molecule has 8 N–H and O–H groups in total. The lowest BCUT2D eigenvalue weighted by Crippen LogP contribution is -2.48. The van der Waals surface area contributed by atoms with Crippen LogP contribution in [0.4, 0.5) is 26.3 Å². The van der Waals surface area contributed by atoms with Gasteiger partial charge in [-0.05, 0) is 117 Å². The second-order valence-electron chi connectivity index (χ2n) is 14.6. The zero-order valence-electron chi connectivity index (χ0n) is 31.8. The molecule has 3 atom stereocenters. The van der Waals surface area contributed by atoms with Crippen LogP contribution in [0, 0.1) is 0 Å². The molecule has 330 valence electrons. The second-order valence-corrected chi connectivity index (χ2v) is 19.0. The van der Waals surface area contributed by atoms with Crippen molar-refractivity contribution in [2.45, 2.75) is 68.4 Å². The molecule has 0 aliphatic carbocycles. The van der Waals surface area contributed by atoms with E-state index in [0.29, 0.717) is 17.5 Å². The molecule has 0 saturated carbocycles. The van der Waals surface area contributed by atoms with Crippen LogP contribution in [0.3, 0.4) is 0 Å². The maximum Gasteiger partial charge on any atom is 0.416 e. The van der Waals surface area contributed by atoms with Crippen molar-refractivity contribution in [3.8, 4) is 23.0 Å². The largest absolute Gasteiger partial charge is 0.457 e. The number of aliphatic hydroxyl groups excluding tert-OH is 1. The standard InChI is InChI=1S/C39H44Cl2F6N2O9P2/c40-34-21-32(57-30-9-1-7-28(19-30)38(42,43)44)13-11-26(34)5-3-15-36(48,17-18-59(51,52)53)24-56-60(54,55)25-37(49,23-50)16-4-6-27-12-14-33(22-35(27)41)58-31-10-2-8-29(20-31)39(45,46)47/h1-2,7-14,19-22,50H,3-6,15-18,23-25,48-49H2,(H,54,55)(H2,51,52,53). The summed E-state index contributed by atoms with van der Waals surface area (Å²) < 4.78 is 120. The highest BCUT2D eigenvalue weighted by Crippen LogP contribution is 2.47. The maximum absolute atomic E-state index is 13.3. The van der Waals surface area contributed by atoms with E-state index in [1.165, 1.54) is 48.5 Å². The van der Waals surface area contributed by atoms with Crippen molar-refractivity contribution in [1.29, 1.82) is 0 Å². The van der Waals surface area contributed by atoms with Crippen molar-refractivity contribution in [3.05, 3.63) is 117 Å². The van der Waals surface area contributed by atoms with Gasteiger partial charge >= 0.3 is 27.5 Å². The van der Waals surface area contributed by atoms with Gasteiger partial charge in [0.05, 0.1) is 42.2 Å². The first-order valence-electron chi connectivity index (χ1n) is 18.2. The predicted molar refractivity (Wildman–Crippen MR) is 215 cm³/mol. The predicted octanol–water partition coefficient (Wildman–Crippen LogP) is 10.1. The molecule has 3 unspecified atom stereocenters. The summed E-state index contributed by atoms with van der Waals surface area (Å²) in [6, 6.07) is 17.7. The number of hydrogen-bond donors (Lipinski definition) is 6. The molecule has 0 spiro atoms. The maximum atomic E-state index is 13.3. The van der Waals surface area contributed by atoms with Gasteiger partial charge in [-0.15, -0.1) is 0 Å². The van der Waals surface area contributed by atoms with Crippen LogP contribution in [0.2, 0.25) is 10.0 Å². The van der Waals surface area contributed by atoms with Crippen LogP contribution in [0.1, 0.15) is 54.4 Å². The Morgan fingerprint density at radius 1 is 0.617 bits per heavy atom. The molecule has 0 amide bonds. The molecule has 0 aliphatic heterocycles. The molecule has 0 heterocycles. The van der Waals surface area contributed by atoms with E-state index in [0.717, 1.165) is 24.3 Å². The minimum absolute atomic E-state index is 0.0206. The third kappa shape index (κ3) is 15.9. The fourth-order valence-electron chi connectivity index (χ4n) is 6.11. The normalized spacial score (nSPS) is 15.5. The highest BCUT2D eigenvalue weighted by Gasteiger charge is 2.38. The quantitative estimate of drug-likeness (QED) is 0.0344. The number of nitrogens with two attached hydrogens (primary N) is 2. The highest BCUT2D eigenvalue weighted by atomic mass is 35.5. The van der Waals surface area contributed by atoms with Crippen molar-refractivity contribution < 1.29 is 69.3 Å². The van der Waals surface area contributed by atoms with Crippen molar-refractivity contribution in [3.63, 3.8) is 0 Å². The number of ether oxygens (including phenoxy) is 2. The summed E-state index contributed by atoms with van der Waals surface area (Å²) in [7, 11) is -9.13. The number of alkyl halides is 6. The Balaban J connectivity index is 1.32. The molecule has 0 saturated heterocycles. The van der Waals surface area contributed by atoms with Gasteiger partial charge in [-0.1, -0.05) is 47.5 Å². The third-order valence-corrected chi connectivity index (χ3v) is 12.4. The zero-order chi connectivity index (χ0) is 44.6. The minimum Gasteiger partial charge on any atom is -0.457 e. The molecule has 0 aromatic heterocycles. The second kappa shape index (κ2) is 20.3. The smallest absolute Gasteiger partial charge is 0.416 e. The van der Waals surface area contributed by atoms with E-state index in [-0.39, 0.29) is 71.6 Å². The number of aryl methyl sites for hydroxylation is 2. The summed E-state index contributed by atoms with van der Waals surface area (Å²) in [5.41, 5.74) is 9.16. The molecule has 21 heteroatoms. The SMILES string of the molecule is NC(CCCc1ccc(Oc2cccc(C(F)(F)F)c2)cc1Cl)(CCP(=O)(O)O)COP(=O)(O)CC(N)(CO)CCCc1ccc(Oc2cccc(C(F)(F)F)c2)cc1Cl. The molecule has 0 aliphatic rings. The van der Waals surface area contributed by atoms with Gasteiger partial charge in [0.25, 0.3) is 0 Å². The fourth-order valence-corrected chi connectivity index (χ4v) is 8.98. The third-order valence-electron chi connectivity index (χ3n) is 9.37. The Labute approximate surface area is 352 Å². The first-order valence-corrected chi connectivity index (χ1v) is 22.6. The van der Waals surface area contributed by atoms with Gasteiger partial charge in [0.2, 0.25) is 0 Å². The lowest BCUT2D eigenvalue weighted by atomic mass is 9.91. The van der Waals surface area contributed by atoms with Gasteiger partial charge in [-0.2, -0.15) is 26.3 Å². The van der Waals surface area contributed by atoms with Crippen LogP contribution in [0.5, 0.6) is 23.0 Å². The number of benzene rings is 4. The first-order chi connectivity index (χ1) is 27.8. The minimum atomic E-state index is -4.58. The molecular weight excluding hydrogens is 887 g/mol. The van der Waals surface area contributed by atoms with Crippen LogP contribution < -0.4 is 20.9 Å². The van der Waals surface area contributed by atoms with Gasteiger partial charge in [0.1, 0.15) is 23.0 Å². The molecule has 4 aromatic rings. The Morgan fingerprint density at radius 2 is 1.05 bits per heavy atom.